The van der Waals surface area contributed by atoms with E-state index < -0.39 is 0 Å². The SMILES string of the molecule is NC1CCC(c2nc(-c3cn[nH]n3)no2)CC1. The van der Waals surface area contributed by atoms with Crippen LogP contribution in [0.5, 0.6) is 0 Å². The Labute approximate surface area is 97.8 Å². The van der Waals surface area contributed by atoms with Crippen LogP contribution in [-0.2, 0) is 0 Å². The molecule has 2 heterocycles. The highest BCUT2D eigenvalue weighted by molar-refractivity contribution is 5.44. The van der Waals surface area contributed by atoms with Crippen LogP contribution in [0.3, 0.4) is 0 Å². The second-order valence-corrected chi connectivity index (χ2v) is 4.42. The molecule has 3 rings (SSSR count). The van der Waals surface area contributed by atoms with Crippen LogP contribution in [0.25, 0.3) is 11.5 Å². The smallest absolute Gasteiger partial charge is 0.230 e. The van der Waals surface area contributed by atoms with E-state index in [1.807, 2.05) is 0 Å². The highest BCUT2D eigenvalue weighted by Gasteiger charge is 2.25. The normalized spacial score (nSPS) is 25.0. The molecule has 1 aliphatic rings. The Hall–Kier alpha value is -1.76. The molecule has 2 aromatic heterocycles. The number of nitrogens with two attached hydrogens (primary N) is 1. The van der Waals surface area contributed by atoms with Gasteiger partial charge in [-0.05, 0) is 25.7 Å². The molecule has 0 atom stereocenters. The summed E-state index contributed by atoms with van der Waals surface area (Å²) in [7, 11) is 0. The molecule has 1 fully saturated rings. The van der Waals surface area contributed by atoms with Gasteiger partial charge in [0.15, 0.2) is 5.69 Å². The molecule has 1 aliphatic carbocycles. The van der Waals surface area contributed by atoms with Crippen LogP contribution in [0.15, 0.2) is 10.7 Å². The number of aromatic amines is 1. The zero-order valence-corrected chi connectivity index (χ0v) is 9.33. The lowest BCUT2D eigenvalue weighted by Gasteiger charge is -2.22. The Morgan fingerprint density at radius 1 is 1.29 bits per heavy atom. The first-order valence-electron chi connectivity index (χ1n) is 5.78. The predicted octanol–water partition coefficient (Wildman–Crippen LogP) is 0.840. The largest absolute Gasteiger partial charge is 0.339 e. The Bertz CT molecular complexity index is 471. The monoisotopic (exact) mass is 234 g/mol. The van der Waals surface area contributed by atoms with Gasteiger partial charge in [-0.3, -0.25) is 0 Å². The van der Waals surface area contributed by atoms with Crippen LogP contribution in [-0.4, -0.2) is 31.6 Å². The lowest BCUT2D eigenvalue weighted by Crippen LogP contribution is -2.25. The zero-order valence-electron chi connectivity index (χ0n) is 9.33. The molecule has 90 valence electrons. The standard InChI is InChI=1S/C10H14N6O/c11-7-3-1-6(2-4-7)10-13-9(15-17-10)8-5-12-16-14-8/h5-7H,1-4,11H2,(H,12,14,16). The van der Waals surface area contributed by atoms with E-state index in [2.05, 4.69) is 25.6 Å². The van der Waals surface area contributed by atoms with Crippen molar-refractivity contribution in [1.29, 1.82) is 0 Å². The van der Waals surface area contributed by atoms with Crippen molar-refractivity contribution in [2.24, 2.45) is 5.73 Å². The summed E-state index contributed by atoms with van der Waals surface area (Å²) in [6.07, 6.45) is 5.65. The van der Waals surface area contributed by atoms with Crippen molar-refractivity contribution < 1.29 is 4.52 Å². The van der Waals surface area contributed by atoms with Gasteiger partial charge < -0.3 is 10.3 Å². The first-order chi connectivity index (χ1) is 8.33. The summed E-state index contributed by atoms with van der Waals surface area (Å²) in [5.74, 6) is 1.52. The van der Waals surface area contributed by atoms with Gasteiger partial charge in [0.25, 0.3) is 0 Å². The number of hydrogen-bond donors (Lipinski definition) is 2. The minimum atomic E-state index is 0.323. The van der Waals surface area contributed by atoms with E-state index in [1.54, 1.807) is 6.20 Å². The van der Waals surface area contributed by atoms with Gasteiger partial charge in [0.2, 0.25) is 11.7 Å². The molecule has 0 saturated heterocycles. The van der Waals surface area contributed by atoms with Gasteiger partial charge in [-0.25, -0.2) is 0 Å². The summed E-state index contributed by atoms with van der Waals surface area (Å²) in [6.45, 7) is 0. The summed E-state index contributed by atoms with van der Waals surface area (Å²) in [5.41, 5.74) is 6.47. The van der Waals surface area contributed by atoms with E-state index in [-0.39, 0.29) is 0 Å². The molecule has 0 radical (unpaired) electrons. The maximum absolute atomic E-state index is 5.87. The quantitative estimate of drug-likeness (QED) is 0.797. The number of nitrogens with one attached hydrogen (secondary N) is 1. The summed E-state index contributed by atoms with van der Waals surface area (Å²) in [5, 5.41) is 14.1. The molecular formula is C10H14N6O. The predicted molar refractivity (Wildman–Crippen MR) is 58.9 cm³/mol. The van der Waals surface area contributed by atoms with Gasteiger partial charge in [0, 0.05) is 12.0 Å². The van der Waals surface area contributed by atoms with Gasteiger partial charge >= 0.3 is 0 Å². The van der Waals surface area contributed by atoms with Crippen molar-refractivity contribution in [2.75, 3.05) is 0 Å². The van der Waals surface area contributed by atoms with Gasteiger partial charge in [-0.1, -0.05) is 5.16 Å². The van der Waals surface area contributed by atoms with Crippen molar-refractivity contribution in [3.63, 3.8) is 0 Å². The zero-order chi connectivity index (χ0) is 11.7. The Morgan fingerprint density at radius 2 is 2.12 bits per heavy atom. The molecule has 2 aromatic rings. The Balaban J connectivity index is 1.76. The lowest BCUT2D eigenvalue weighted by molar-refractivity contribution is 0.301. The first-order valence-corrected chi connectivity index (χ1v) is 5.78. The fourth-order valence-electron chi connectivity index (χ4n) is 2.18. The molecule has 0 amide bonds. The van der Waals surface area contributed by atoms with E-state index in [0.717, 1.165) is 25.7 Å². The maximum Gasteiger partial charge on any atom is 0.230 e. The van der Waals surface area contributed by atoms with E-state index in [9.17, 15) is 0 Å². The number of H-pyrrole nitrogens is 1. The van der Waals surface area contributed by atoms with E-state index in [1.165, 1.54) is 0 Å². The first kappa shape index (κ1) is 10.4. The second kappa shape index (κ2) is 4.25. The summed E-state index contributed by atoms with van der Waals surface area (Å²) in [6, 6.07) is 0.323. The molecule has 0 spiro atoms. The highest BCUT2D eigenvalue weighted by atomic mass is 16.5. The van der Waals surface area contributed by atoms with Crippen LogP contribution < -0.4 is 5.73 Å². The van der Waals surface area contributed by atoms with Gasteiger partial charge in [0.05, 0.1) is 6.20 Å². The Morgan fingerprint density at radius 3 is 2.82 bits per heavy atom. The third-order valence-corrected chi connectivity index (χ3v) is 3.21. The van der Waals surface area contributed by atoms with Gasteiger partial charge in [-0.15, -0.1) is 0 Å². The summed E-state index contributed by atoms with van der Waals surface area (Å²) >= 11 is 0. The van der Waals surface area contributed by atoms with Crippen molar-refractivity contribution in [3.05, 3.63) is 12.1 Å². The number of rotatable bonds is 2. The fraction of sp³-hybridized carbons (Fsp3) is 0.600. The number of nitrogens with zero attached hydrogens (tertiary/aromatic N) is 4. The molecule has 3 N–H and O–H groups in total. The van der Waals surface area contributed by atoms with E-state index in [4.69, 9.17) is 10.3 Å². The van der Waals surface area contributed by atoms with Crippen LogP contribution in [0.2, 0.25) is 0 Å². The molecule has 0 bridgehead atoms. The van der Waals surface area contributed by atoms with E-state index >= 15 is 0 Å². The molecule has 7 nitrogen and oxygen atoms in total. The molecule has 7 heteroatoms. The minimum Gasteiger partial charge on any atom is -0.339 e. The van der Waals surface area contributed by atoms with Crippen molar-refractivity contribution in [1.82, 2.24) is 25.6 Å². The fourth-order valence-corrected chi connectivity index (χ4v) is 2.18. The lowest BCUT2D eigenvalue weighted by atomic mass is 9.86. The van der Waals surface area contributed by atoms with Crippen LogP contribution >= 0.6 is 0 Å². The van der Waals surface area contributed by atoms with E-state index in [0.29, 0.717) is 29.4 Å². The van der Waals surface area contributed by atoms with Crippen LogP contribution in [0.1, 0.15) is 37.5 Å². The number of aromatic nitrogens is 5. The van der Waals surface area contributed by atoms with Crippen LogP contribution in [0, 0.1) is 0 Å². The molecule has 0 aliphatic heterocycles. The Kier molecular flexibility index (Phi) is 2.60. The average Bonchev–Trinajstić information content (AvgIpc) is 3.00. The van der Waals surface area contributed by atoms with Gasteiger partial charge in [-0.2, -0.15) is 20.4 Å². The summed E-state index contributed by atoms with van der Waals surface area (Å²) < 4.78 is 5.28. The molecule has 1 saturated carbocycles. The third-order valence-electron chi connectivity index (χ3n) is 3.21. The van der Waals surface area contributed by atoms with Crippen molar-refractivity contribution in [3.8, 4) is 11.5 Å². The third kappa shape index (κ3) is 2.05. The molecule has 0 unspecified atom stereocenters. The maximum atomic E-state index is 5.87. The second-order valence-electron chi connectivity index (χ2n) is 4.42. The molecule has 17 heavy (non-hydrogen) atoms. The molecular weight excluding hydrogens is 220 g/mol. The average molecular weight is 234 g/mol. The van der Waals surface area contributed by atoms with Crippen molar-refractivity contribution >= 4 is 0 Å². The van der Waals surface area contributed by atoms with Crippen molar-refractivity contribution in [2.45, 2.75) is 37.6 Å². The minimum absolute atomic E-state index is 0.323. The number of hydrogen-bond acceptors (Lipinski definition) is 6. The summed E-state index contributed by atoms with van der Waals surface area (Å²) in [4.78, 5) is 4.36. The van der Waals surface area contributed by atoms with Gasteiger partial charge in [0.1, 0.15) is 0 Å². The topological polar surface area (TPSA) is 107 Å². The highest BCUT2D eigenvalue weighted by Crippen LogP contribution is 2.31. The molecule has 0 aromatic carbocycles. The van der Waals surface area contributed by atoms with Crippen LogP contribution in [0.4, 0.5) is 0 Å².